The van der Waals surface area contributed by atoms with Crippen molar-refractivity contribution in [3.05, 3.63) is 76.6 Å². The molecule has 2 aromatic heterocycles. The first kappa shape index (κ1) is 24.6. The van der Waals surface area contributed by atoms with Crippen molar-refractivity contribution in [2.75, 3.05) is 39.9 Å². The van der Waals surface area contributed by atoms with Gasteiger partial charge in [0.05, 0.1) is 24.9 Å². The molecule has 2 N–H and O–H groups in total. The lowest BCUT2D eigenvalue weighted by Gasteiger charge is -2.34. The van der Waals surface area contributed by atoms with Gasteiger partial charge in [-0.05, 0) is 35.2 Å². The molecule has 0 spiro atoms. The Bertz CT molecular complexity index is 962. The fraction of sp³-hybridized carbons (Fsp3) is 0.333. The van der Waals surface area contributed by atoms with Crippen LogP contribution in [0.2, 0.25) is 0 Å². The number of aromatic nitrogens is 1. The lowest BCUT2D eigenvalue weighted by Crippen LogP contribution is -2.46. The molecule has 8 heteroatoms. The predicted molar refractivity (Wildman–Crippen MR) is 143 cm³/mol. The van der Waals surface area contributed by atoms with E-state index in [0.29, 0.717) is 12.6 Å². The molecule has 1 atom stereocenters. The van der Waals surface area contributed by atoms with Gasteiger partial charge in [0, 0.05) is 49.9 Å². The summed E-state index contributed by atoms with van der Waals surface area (Å²) in [5, 5.41) is 9.11. The van der Waals surface area contributed by atoms with Gasteiger partial charge in [-0.25, -0.2) is 0 Å². The molecule has 1 saturated heterocycles. The summed E-state index contributed by atoms with van der Waals surface area (Å²) in [5.41, 5.74) is 3.29. The van der Waals surface area contributed by atoms with E-state index in [9.17, 15) is 0 Å². The molecule has 0 aliphatic carbocycles. The van der Waals surface area contributed by atoms with Crippen LogP contribution in [-0.4, -0.2) is 55.7 Å². The Hall–Kier alpha value is -2.01. The van der Waals surface area contributed by atoms with E-state index in [1.54, 1.807) is 11.3 Å². The zero-order valence-electron chi connectivity index (χ0n) is 18.2. The van der Waals surface area contributed by atoms with Crippen molar-refractivity contribution in [3.8, 4) is 11.3 Å². The molecule has 32 heavy (non-hydrogen) atoms. The fourth-order valence-corrected chi connectivity index (χ4v) is 4.61. The van der Waals surface area contributed by atoms with Crippen molar-refractivity contribution in [2.24, 2.45) is 4.99 Å². The van der Waals surface area contributed by atoms with Crippen LogP contribution in [-0.2, 0) is 11.3 Å². The van der Waals surface area contributed by atoms with Gasteiger partial charge in [-0.3, -0.25) is 14.9 Å². The monoisotopic (exact) mass is 563 g/mol. The molecule has 0 saturated carbocycles. The third kappa shape index (κ3) is 6.74. The Balaban J connectivity index is 0.00000289. The number of hydrogen-bond donors (Lipinski definition) is 2. The zero-order chi connectivity index (χ0) is 21.3. The normalized spacial score (nSPS) is 15.6. The molecule has 3 heterocycles. The summed E-state index contributed by atoms with van der Waals surface area (Å²) in [7, 11) is 1.81. The number of nitrogens with one attached hydrogen (secondary N) is 2. The van der Waals surface area contributed by atoms with Crippen molar-refractivity contribution in [1.29, 1.82) is 0 Å². The molecular weight excluding hydrogens is 533 g/mol. The quantitative estimate of drug-likeness (QED) is 0.257. The second kappa shape index (κ2) is 12.9. The van der Waals surface area contributed by atoms with Crippen molar-refractivity contribution < 1.29 is 4.74 Å². The van der Waals surface area contributed by atoms with Crippen LogP contribution in [0.25, 0.3) is 11.3 Å². The van der Waals surface area contributed by atoms with Crippen molar-refractivity contribution in [1.82, 2.24) is 20.5 Å². The first-order valence-electron chi connectivity index (χ1n) is 10.6. The number of ether oxygens (including phenoxy) is 1. The number of guanidine groups is 1. The van der Waals surface area contributed by atoms with Gasteiger partial charge in [0.25, 0.3) is 0 Å². The van der Waals surface area contributed by atoms with Crippen molar-refractivity contribution in [2.45, 2.75) is 12.6 Å². The molecule has 0 bridgehead atoms. The van der Waals surface area contributed by atoms with Crippen LogP contribution in [0.5, 0.6) is 0 Å². The van der Waals surface area contributed by atoms with E-state index in [4.69, 9.17) is 4.74 Å². The number of benzene rings is 1. The minimum Gasteiger partial charge on any atom is -0.379 e. The lowest BCUT2D eigenvalue weighted by atomic mass is 10.1. The maximum Gasteiger partial charge on any atom is 0.191 e. The van der Waals surface area contributed by atoms with Gasteiger partial charge >= 0.3 is 0 Å². The van der Waals surface area contributed by atoms with Gasteiger partial charge in [0.1, 0.15) is 0 Å². The average molecular weight is 564 g/mol. The van der Waals surface area contributed by atoms with E-state index >= 15 is 0 Å². The fourth-order valence-electron chi connectivity index (χ4n) is 3.75. The number of pyridine rings is 1. The molecule has 1 aliphatic heterocycles. The summed E-state index contributed by atoms with van der Waals surface area (Å²) in [4.78, 5) is 12.7. The van der Waals surface area contributed by atoms with E-state index in [1.165, 1.54) is 10.4 Å². The zero-order valence-corrected chi connectivity index (χ0v) is 21.4. The minimum absolute atomic E-state index is 0. The Kier molecular flexibility index (Phi) is 9.91. The van der Waals surface area contributed by atoms with E-state index in [2.05, 4.69) is 67.3 Å². The standard InChI is InChI=1S/C24H29N5OS.HI/c1-25-24(27-17-19-6-4-7-20(16-19)21-8-2-3-10-26-21)28-18-22(23-9-5-15-31-23)29-11-13-30-14-12-29;/h2-10,15-16,22H,11-14,17-18H2,1H3,(H2,25,27,28);1H. The van der Waals surface area contributed by atoms with Gasteiger partial charge < -0.3 is 15.4 Å². The highest BCUT2D eigenvalue weighted by Gasteiger charge is 2.23. The molecule has 4 rings (SSSR count). The van der Waals surface area contributed by atoms with Crippen LogP contribution in [0.4, 0.5) is 0 Å². The number of morpholine rings is 1. The highest BCUT2D eigenvalue weighted by molar-refractivity contribution is 14.0. The molecule has 3 aromatic rings. The molecule has 1 unspecified atom stereocenters. The number of hydrogen-bond acceptors (Lipinski definition) is 5. The Morgan fingerprint density at radius 2 is 2.00 bits per heavy atom. The number of rotatable bonds is 7. The first-order valence-corrected chi connectivity index (χ1v) is 11.5. The van der Waals surface area contributed by atoms with Crippen LogP contribution in [0.1, 0.15) is 16.5 Å². The molecule has 0 radical (unpaired) electrons. The van der Waals surface area contributed by atoms with E-state index < -0.39 is 0 Å². The van der Waals surface area contributed by atoms with E-state index in [1.807, 2.05) is 31.4 Å². The molecule has 0 amide bonds. The SMILES string of the molecule is CN=C(NCc1cccc(-c2ccccn2)c1)NCC(c1cccs1)N1CCOCC1.I. The predicted octanol–water partition coefficient (Wildman–Crippen LogP) is 4.17. The first-order chi connectivity index (χ1) is 15.3. The van der Waals surface area contributed by atoms with Gasteiger partial charge in [-0.15, -0.1) is 35.3 Å². The number of halogens is 1. The maximum absolute atomic E-state index is 5.54. The summed E-state index contributed by atoms with van der Waals surface area (Å²) in [5.74, 6) is 0.804. The van der Waals surface area contributed by atoms with Gasteiger partial charge in [0.15, 0.2) is 5.96 Å². The van der Waals surface area contributed by atoms with Crippen LogP contribution in [0, 0.1) is 0 Å². The molecule has 1 fully saturated rings. The topological polar surface area (TPSA) is 61.8 Å². The van der Waals surface area contributed by atoms with Crippen LogP contribution in [0.15, 0.2) is 71.2 Å². The summed E-state index contributed by atoms with van der Waals surface area (Å²) in [6, 6.07) is 19.1. The molecular formula is C24H30IN5OS. The average Bonchev–Trinajstić information content (AvgIpc) is 3.37. The second-order valence-electron chi connectivity index (χ2n) is 7.40. The van der Waals surface area contributed by atoms with Gasteiger partial charge in [-0.2, -0.15) is 0 Å². The highest BCUT2D eigenvalue weighted by atomic mass is 127. The van der Waals surface area contributed by atoms with Crippen molar-refractivity contribution in [3.63, 3.8) is 0 Å². The largest absolute Gasteiger partial charge is 0.379 e. The van der Waals surface area contributed by atoms with Crippen LogP contribution < -0.4 is 10.6 Å². The lowest BCUT2D eigenvalue weighted by molar-refractivity contribution is 0.0177. The van der Waals surface area contributed by atoms with Gasteiger partial charge in [-0.1, -0.05) is 30.3 Å². The summed E-state index contributed by atoms with van der Waals surface area (Å²) >= 11 is 1.80. The molecule has 6 nitrogen and oxygen atoms in total. The third-order valence-electron chi connectivity index (χ3n) is 5.39. The van der Waals surface area contributed by atoms with Crippen LogP contribution in [0.3, 0.4) is 0 Å². The number of nitrogens with zero attached hydrogens (tertiary/aromatic N) is 3. The van der Waals surface area contributed by atoms with Gasteiger partial charge in [0.2, 0.25) is 0 Å². The number of thiophene rings is 1. The summed E-state index contributed by atoms with van der Waals surface area (Å²) in [6.45, 7) is 4.99. The summed E-state index contributed by atoms with van der Waals surface area (Å²) in [6.07, 6.45) is 1.82. The molecule has 1 aliphatic rings. The minimum atomic E-state index is 0. The van der Waals surface area contributed by atoms with Crippen LogP contribution >= 0.6 is 35.3 Å². The number of aliphatic imine (C=N–C) groups is 1. The smallest absolute Gasteiger partial charge is 0.191 e. The van der Waals surface area contributed by atoms with Crippen molar-refractivity contribution >= 4 is 41.3 Å². The van der Waals surface area contributed by atoms with E-state index in [0.717, 1.165) is 50.1 Å². The Labute approximate surface area is 211 Å². The Morgan fingerprint density at radius 3 is 2.72 bits per heavy atom. The Morgan fingerprint density at radius 1 is 1.12 bits per heavy atom. The second-order valence-corrected chi connectivity index (χ2v) is 8.38. The maximum atomic E-state index is 5.54. The highest BCUT2D eigenvalue weighted by Crippen LogP contribution is 2.25. The third-order valence-corrected chi connectivity index (χ3v) is 6.37. The molecule has 170 valence electrons. The van der Waals surface area contributed by atoms with E-state index in [-0.39, 0.29) is 24.0 Å². The summed E-state index contributed by atoms with van der Waals surface area (Å²) < 4.78 is 5.54. The molecule has 1 aromatic carbocycles.